The Kier molecular flexibility index (Phi) is 9.58. The fourth-order valence-corrected chi connectivity index (χ4v) is 9.37. The van der Waals surface area contributed by atoms with Gasteiger partial charge < -0.3 is 24.2 Å². The number of piperidine rings is 1. The minimum absolute atomic E-state index is 0.0203. The van der Waals surface area contributed by atoms with Crippen molar-refractivity contribution in [2.24, 2.45) is 11.3 Å². The number of pyridine rings is 1. The van der Waals surface area contributed by atoms with Crippen LogP contribution in [0, 0.1) is 23.0 Å². The number of nitrogens with zero attached hydrogens (tertiary/aromatic N) is 5. The van der Waals surface area contributed by atoms with Crippen molar-refractivity contribution in [3.8, 4) is 17.3 Å². The van der Waals surface area contributed by atoms with Gasteiger partial charge in [0.25, 0.3) is 0 Å². The quantitative estimate of drug-likeness (QED) is 0.215. The molecule has 3 aliphatic heterocycles. The number of rotatable bonds is 8. The highest BCUT2D eigenvalue weighted by Gasteiger charge is 2.49. The minimum atomic E-state index is -1.14. The number of β-amino-alcohol motifs (C(OH)–C–C–N with tert-alkyl or cyclic N) is 1. The number of ether oxygens (including phenoxy) is 3. The van der Waals surface area contributed by atoms with Gasteiger partial charge in [0, 0.05) is 49.5 Å². The van der Waals surface area contributed by atoms with Crippen LogP contribution in [-0.4, -0.2) is 95.8 Å². The first-order valence-corrected chi connectivity index (χ1v) is 18.8. The van der Waals surface area contributed by atoms with E-state index >= 15 is 8.78 Å². The van der Waals surface area contributed by atoms with Gasteiger partial charge in [-0.2, -0.15) is 9.97 Å². The summed E-state index contributed by atoms with van der Waals surface area (Å²) in [5.74, 6) is 0.166. The van der Waals surface area contributed by atoms with Gasteiger partial charge in [0.15, 0.2) is 5.82 Å². The largest absolute Gasteiger partial charge is 0.463 e. The van der Waals surface area contributed by atoms with E-state index in [0.717, 1.165) is 76.6 Å². The molecule has 4 aromatic rings. The van der Waals surface area contributed by atoms with Crippen LogP contribution >= 0.6 is 0 Å². The molecular weight excluding hydrogens is 652 g/mol. The number of aromatic nitrogens is 3. The molecule has 3 atom stereocenters. The molecule has 0 amide bonds. The summed E-state index contributed by atoms with van der Waals surface area (Å²) in [6.45, 7) is 9.21. The maximum atomic E-state index is 17.1. The van der Waals surface area contributed by atoms with Crippen LogP contribution in [0.3, 0.4) is 0 Å². The maximum Gasteiger partial charge on any atom is 0.319 e. The SMILES string of the molecule is CCc1c(F)ccc2cccc(-c3ncc4c(N5CCOC[C@@](C)(O)C5)nc(OCC56CCCC5N(CC5CCOCC5)CCC6)nc4c3F)c12. The predicted molar refractivity (Wildman–Crippen MR) is 193 cm³/mol. The molecule has 0 radical (unpaired) electrons. The monoisotopic (exact) mass is 701 g/mol. The summed E-state index contributed by atoms with van der Waals surface area (Å²) >= 11 is 0. The van der Waals surface area contributed by atoms with E-state index in [1.165, 1.54) is 6.07 Å². The number of likely N-dealkylation sites (tertiary alicyclic amines) is 1. The number of benzene rings is 2. The molecule has 3 saturated heterocycles. The van der Waals surface area contributed by atoms with Gasteiger partial charge in [-0.05, 0) is 86.7 Å². The minimum Gasteiger partial charge on any atom is -0.463 e. The number of halogens is 2. The topological polar surface area (TPSA) is 93.1 Å². The van der Waals surface area contributed by atoms with Gasteiger partial charge in [-0.25, -0.2) is 8.78 Å². The standard InChI is InChI=1S/C40H49F2N5O4/c1-3-28-31(41)11-10-27-7-4-8-29(33(27)28)35-34(42)36-30(21-43-35)37(47-17-20-50-24-39(2,48)23-47)45-38(44-36)51-25-40-14-5-9-32(40)46(16-6-15-40)22-26-12-18-49-19-13-26/h4,7-8,10-11,21,26,32,48H,3,5-6,9,12-20,22-25H2,1-2H3/t32?,39-,40?/m0/s1. The summed E-state index contributed by atoms with van der Waals surface area (Å²) < 4.78 is 50.1. The molecule has 11 heteroatoms. The molecule has 51 heavy (non-hydrogen) atoms. The third kappa shape index (κ3) is 6.67. The lowest BCUT2D eigenvalue weighted by Gasteiger charge is -2.47. The number of aliphatic hydroxyl groups is 1. The van der Waals surface area contributed by atoms with Gasteiger partial charge >= 0.3 is 6.01 Å². The lowest BCUT2D eigenvalue weighted by atomic mass is 9.75. The fraction of sp³-hybridized carbons (Fsp3) is 0.575. The van der Waals surface area contributed by atoms with Crippen molar-refractivity contribution >= 4 is 27.5 Å². The Labute approximate surface area is 298 Å². The first kappa shape index (κ1) is 34.6. The van der Waals surface area contributed by atoms with Crippen LogP contribution in [0.25, 0.3) is 32.9 Å². The lowest BCUT2D eigenvalue weighted by molar-refractivity contribution is -0.0203. The van der Waals surface area contributed by atoms with Gasteiger partial charge in [0.1, 0.15) is 28.4 Å². The Morgan fingerprint density at radius 3 is 2.69 bits per heavy atom. The van der Waals surface area contributed by atoms with Crippen molar-refractivity contribution < 1.29 is 28.1 Å². The van der Waals surface area contributed by atoms with Crippen molar-refractivity contribution in [1.29, 1.82) is 0 Å². The molecule has 2 aromatic carbocycles. The van der Waals surface area contributed by atoms with Gasteiger partial charge in [-0.3, -0.25) is 9.88 Å². The summed E-state index contributed by atoms with van der Waals surface area (Å²) in [6.07, 6.45) is 9.85. The van der Waals surface area contributed by atoms with E-state index in [1.54, 1.807) is 25.3 Å². The second-order valence-electron chi connectivity index (χ2n) is 15.5. The van der Waals surface area contributed by atoms with E-state index in [4.69, 9.17) is 24.2 Å². The Bertz CT molecular complexity index is 1900. The third-order valence-corrected chi connectivity index (χ3v) is 11.8. The molecule has 0 bridgehead atoms. The van der Waals surface area contributed by atoms with E-state index in [2.05, 4.69) is 9.88 Å². The zero-order valence-electron chi connectivity index (χ0n) is 29.8. The smallest absolute Gasteiger partial charge is 0.319 e. The van der Waals surface area contributed by atoms with Crippen LogP contribution in [0.15, 0.2) is 36.5 Å². The average molecular weight is 702 g/mol. The molecule has 1 N–H and O–H groups in total. The second-order valence-corrected chi connectivity index (χ2v) is 15.5. The zero-order valence-corrected chi connectivity index (χ0v) is 29.8. The van der Waals surface area contributed by atoms with Crippen molar-refractivity contribution in [2.75, 3.05) is 64.1 Å². The number of anilines is 1. The molecule has 0 spiro atoms. The average Bonchev–Trinajstić information content (AvgIpc) is 3.49. The third-order valence-electron chi connectivity index (χ3n) is 11.8. The number of hydrogen-bond acceptors (Lipinski definition) is 9. The zero-order chi connectivity index (χ0) is 35.2. The molecule has 2 aromatic heterocycles. The summed E-state index contributed by atoms with van der Waals surface area (Å²) in [4.78, 5) is 18.9. The molecule has 8 rings (SSSR count). The summed E-state index contributed by atoms with van der Waals surface area (Å²) in [6, 6.07) is 9.25. The highest BCUT2D eigenvalue weighted by atomic mass is 19.1. The van der Waals surface area contributed by atoms with Gasteiger partial charge in [0.05, 0.1) is 31.8 Å². The van der Waals surface area contributed by atoms with E-state index in [9.17, 15) is 5.11 Å². The van der Waals surface area contributed by atoms with E-state index in [-0.39, 0.29) is 41.6 Å². The molecule has 4 aliphatic rings. The molecule has 2 unspecified atom stereocenters. The Hall–Kier alpha value is -3.51. The molecule has 5 heterocycles. The highest BCUT2D eigenvalue weighted by Crippen LogP contribution is 2.48. The van der Waals surface area contributed by atoms with Crippen LogP contribution in [0.2, 0.25) is 0 Å². The number of hydrogen-bond donors (Lipinski definition) is 1. The van der Waals surface area contributed by atoms with Crippen molar-refractivity contribution in [1.82, 2.24) is 19.9 Å². The van der Waals surface area contributed by atoms with Crippen LogP contribution in [0.5, 0.6) is 6.01 Å². The molecule has 4 fully saturated rings. The van der Waals surface area contributed by atoms with Crippen LogP contribution < -0.4 is 9.64 Å². The highest BCUT2D eigenvalue weighted by molar-refractivity contribution is 6.00. The van der Waals surface area contributed by atoms with Crippen LogP contribution in [-0.2, 0) is 15.9 Å². The van der Waals surface area contributed by atoms with Gasteiger partial charge in [-0.15, -0.1) is 0 Å². The molecule has 9 nitrogen and oxygen atoms in total. The summed E-state index contributed by atoms with van der Waals surface area (Å²) in [5.41, 5.74) is 0.0511. The maximum absolute atomic E-state index is 17.1. The predicted octanol–water partition coefficient (Wildman–Crippen LogP) is 6.71. The van der Waals surface area contributed by atoms with E-state index in [0.29, 0.717) is 65.9 Å². The number of fused-ring (bicyclic) bond motifs is 3. The van der Waals surface area contributed by atoms with E-state index < -0.39 is 11.4 Å². The Morgan fingerprint density at radius 2 is 1.84 bits per heavy atom. The van der Waals surface area contributed by atoms with Crippen molar-refractivity contribution in [2.45, 2.75) is 76.9 Å². The Balaban J connectivity index is 1.19. The van der Waals surface area contributed by atoms with Crippen LogP contribution in [0.1, 0.15) is 64.4 Å². The molecule has 1 saturated carbocycles. The van der Waals surface area contributed by atoms with Crippen LogP contribution in [0.4, 0.5) is 14.6 Å². The summed E-state index contributed by atoms with van der Waals surface area (Å²) in [7, 11) is 0. The molecular formula is C40H49F2N5O4. The normalized spacial score (nSPS) is 26.5. The van der Waals surface area contributed by atoms with Gasteiger partial charge in [-0.1, -0.05) is 37.6 Å². The first-order valence-electron chi connectivity index (χ1n) is 18.8. The molecule has 1 aliphatic carbocycles. The Morgan fingerprint density at radius 1 is 1.00 bits per heavy atom. The van der Waals surface area contributed by atoms with Crippen molar-refractivity contribution in [3.63, 3.8) is 0 Å². The summed E-state index contributed by atoms with van der Waals surface area (Å²) in [5, 5.41) is 13.0. The fourth-order valence-electron chi connectivity index (χ4n) is 9.37. The lowest BCUT2D eigenvalue weighted by Crippen LogP contribution is -2.53. The van der Waals surface area contributed by atoms with Crippen molar-refractivity contribution in [3.05, 3.63) is 53.7 Å². The second kappa shape index (κ2) is 14.1. The number of aryl methyl sites for hydroxylation is 1. The molecule has 272 valence electrons. The van der Waals surface area contributed by atoms with E-state index in [1.807, 2.05) is 24.0 Å². The van der Waals surface area contributed by atoms with Gasteiger partial charge in [0.2, 0.25) is 0 Å². The first-order chi connectivity index (χ1) is 24.7.